The maximum absolute atomic E-state index is 13.5. The number of nitrogens with zero attached hydrogens (tertiary/aromatic N) is 2. The van der Waals surface area contributed by atoms with Crippen molar-refractivity contribution < 1.29 is 18.3 Å². The van der Waals surface area contributed by atoms with Gasteiger partial charge in [0.2, 0.25) is 0 Å². The van der Waals surface area contributed by atoms with E-state index in [1.165, 1.54) is 0 Å². The van der Waals surface area contributed by atoms with Gasteiger partial charge in [-0.25, -0.2) is 0 Å². The minimum absolute atomic E-state index is 0.181. The topological polar surface area (TPSA) is 47.9 Å². The molecule has 0 bridgehead atoms. The summed E-state index contributed by atoms with van der Waals surface area (Å²) in [6, 6.07) is 6.78. The van der Waals surface area contributed by atoms with Crippen molar-refractivity contribution in [3.05, 3.63) is 34.9 Å². The van der Waals surface area contributed by atoms with Crippen molar-refractivity contribution in [3.8, 4) is 0 Å². The fourth-order valence-electron chi connectivity index (χ4n) is 2.25. The Bertz CT molecular complexity index is 685. The van der Waals surface area contributed by atoms with Gasteiger partial charge in [-0.3, -0.25) is 0 Å². The minimum Gasteiger partial charge on any atom is -0.362 e. The van der Waals surface area contributed by atoms with Crippen LogP contribution in [0.15, 0.2) is 29.4 Å². The molecule has 0 fully saturated rings. The van der Waals surface area contributed by atoms with Crippen molar-refractivity contribution in [2.24, 2.45) is 10.5 Å². The quantitative estimate of drug-likeness (QED) is 0.743. The third kappa shape index (κ3) is 4.24. The lowest BCUT2D eigenvalue weighted by molar-refractivity contribution is -0.294. The van der Waals surface area contributed by atoms with E-state index in [9.17, 15) is 18.3 Å². The number of hydrazone groups is 1. The largest absolute Gasteiger partial charge is 0.438 e. The van der Waals surface area contributed by atoms with Gasteiger partial charge >= 0.3 is 6.18 Å². The molecule has 0 aromatic heterocycles. The predicted molar refractivity (Wildman–Crippen MR) is 95.2 cm³/mol. The Morgan fingerprint density at radius 3 is 2.36 bits per heavy atom. The van der Waals surface area contributed by atoms with E-state index in [-0.39, 0.29) is 17.4 Å². The fraction of sp³-hybridized carbons (Fsp3) is 0.500. The zero-order valence-corrected chi connectivity index (χ0v) is 15.6. The molecule has 0 amide bonds. The third-order valence-electron chi connectivity index (χ3n) is 3.85. The van der Waals surface area contributed by atoms with E-state index in [4.69, 9.17) is 23.8 Å². The molecule has 0 saturated heterocycles. The van der Waals surface area contributed by atoms with Crippen molar-refractivity contribution in [3.63, 3.8) is 0 Å². The monoisotopic (exact) mass is 393 g/mol. The van der Waals surface area contributed by atoms with E-state index < -0.39 is 23.7 Å². The van der Waals surface area contributed by atoms with E-state index in [0.717, 1.165) is 5.56 Å². The molecule has 9 heteroatoms. The van der Waals surface area contributed by atoms with Crippen LogP contribution in [0.5, 0.6) is 0 Å². The highest BCUT2D eigenvalue weighted by molar-refractivity contribution is 7.80. The molecule has 4 nitrogen and oxygen atoms in total. The van der Waals surface area contributed by atoms with Gasteiger partial charge in [0.25, 0.3) is 5.72 Å². The van der Waals surface area contributed by atoms with Crippen molar-refractivity contribution >= 4 is 34.6 Å². The highest BCUT2D eigenvalue weighted by atomic mass is 35.5. The Morgan fingerprint density at radius 2 is 1.88 bits per heavy atom. The Balaban J connectivity index is 2.21. The summed E-state index contributed by atoms with van der Waals surface area (Å²) < 4.78 is 40.4. The lowest BCUT2D eigenvalue weighted by Crippen LogP contribution is -2.58. The summed E-state index contributed by atoms with van der Waals surface area (Å²) in [7, 11) is 0. The van der Waals surface area contributed by atoms with Crippen molar-refractivity contribution in [2.75, 3.05) is 0 Å². The molecule has 2 N–H and O–H groups in total. The Morgan fingerprint density at radius 1 is 1.32 bits per heavy atom. The van der Waals surface area contributed by atoms with Crippen LogP contribution in [0, 0.1) is 5.41 Å². The average Bonchev–Trinajstić information content (AvgIpc) is 2.85. The number of benzene rings is 1. The van der Waals surface area contributed by atoms with Crippen LogP contribution < -0.4 is 5.32 Å². The van der Waals surface area contributed by atoms with Gasteiger partial charge in [-0.05, 0) is 29.9 Å². The molecule has 1 aromatic rings. The fourth-order valence-corrected chi connectivity index (χ4v) is 2.64. The van der Waals surface area contributed by atoms with Gasteiger partial charge in [-0.15, -0.1) is 0 Å². The van der Waals surface area contributed by atoms with E-state index >= 15 is 0 Å². The molecule has 0 saturated carbocycles. The second-order valence-corrected chi connectivity index (χ2v) is 7.71. The lowest BCUT2D eigenvalue weighted by atomic mass is 9.86. The molecule has 0 radical (unpaired) electrons. The molecule has 1 unspecified atom stereocenters. The van der Waals surface area contributed by atoms with Crippen LogP contribution >= 0.6 is 23.8 Å². The van der Waals surface area contributed by atoms with Crippen LogP contribution in [0.1, 0.15) is 32.8 Å². The number of alkyl halides is 3. The summed E-state index contributed by atoms with van der Waals surface area (Å²) >= 11 is 10.8. The van der Waals surface area contributed by atoms with Crippen LogP contribution in [-0.4, -0.2) is 32.8 Å². The first-order chi connectivity index (χ1) is 11.3. The summed E-state index contributed by atoms with van der Waals surface area (Å²) in [4.78, 5) is 0. The zero-order valence-electron chi connectivity index (χ0n) is 14.0. The first-order valence-electron chi connectivity index (χ1n) is 7.54. The maximum Gasteiger partial charge on any atom is 0.438 e. The number of aliphatic hydroxyl groups is 1. The SMILES string of the molecule is CC(C)(C)C1=NN(C(=S)NCc2ccc(Cl)cc2)C(O)(C(F)(F)F)C1. The highest BCUT2D eigenvalue weighted by Crippen LogP contribution is 2.43. The Kier molecular flexibility index (Phi) is 5.37. The molecule has 0 spiro atoms. The number of rotatable bonds is 2. The Hall–Kier alpha value is -1.38. The first-order valence-corrected chi connectivity index (χ1v) is 8.33. The van der Waals surface area contributed by atoms with Gasteiger partial charge in [0.15, 0.2) is 5.11 Å². The normalized spacial score (nSPS) is 21.3. The van der Waals surface area contributed by atoms with Gasteiger partial charge in [-0.2, -0.15) is 23.3 Å². The van der Waals surface area contributed by atoms with Gasteiger partial charge < -0.3 is 10.4 Å². The van der Waals surface area contributed by atoms with Gasteiger partial charge in [-0.1, -0.05) is 44.5 Å². The minimum atomic E-state index is -4.91. The number of halogens is 4. The van der Waals surface area contributed by atoms with Gasteiger partial charge in [0.1, 0.15) is 0 Å². The second kappa shape index (κ2) is 6.74. The molecule has 1 atom stereocenters. The Labute approximate surface area is 154 Å². The molecular weight excluding hydrogens is 375 g/mol. The van der Waals surface area contributed by atoms with E-state index in [1.54, 1.807) is 45.0 Å². The maximum atomic E-state index is 13.5. The van der Waals surface area contributed by atoms with Crippen LogP contribution in [0.2, 0.25) is 5.02 Å². The lowest BCUT2D eigenvalue weighted by Gasteiger charge is -2.34. The molecule has 1 aliphatic heterocycles. The third-order valence-corrected chi connectivity index (χ3v) is 4.42. The molecule has 1 heterocycles. The van der Waals surface area contributed by atoms with Crippen molar-refractivity contribution in [1.82, 2.24) is 10.3 Å². The van der Waals surface area contributed by atoms with E-state index in [1.807, 2.05) is 0 Å². The second-order valence-electron chi connectivity index (χ2n) is 6.88. The number of hydrogen-bond acceptors (Lipinski definition) is 3. The number of hydrogen-bond donors (Lipinski definition) is 2. The van der Waals surface area contributed by atoms with Crippen LogP contribution in [0.25, 0.3) is 0 Å². The van der Waals surface area contributed by atoms with Crippen LogP contribution in [0.4, 0.5) is 13.2 Å². The molecule has 0 aliphatic carbocycles. The summed E-state index contributed by atoms with van der Waals surface area (Å²) in [5.41, 5.74) is -2.77. The summed E-state index contributed by atoms with van der Waals surface area (Å²) in [6.07, 6.45) is -5.56. The zero-order chi connectivity index (χ0) is 19.0. The predicted octanol–water partition coefficient (Wildman–Crippen LogP) is 4.07. The van der Waals surface area contributed by atoms with Gasteiger partial charge in [0, 0.05) is 29.1 Å². The molecule has 1 aromatic carbocycles. The molecule has 1 aliphatic rings. The standard InChI is InChI=1S/C16H19ClF3N3OS/c1-14(2,3)12-8-15(24,16(18,19)20)23(22-12)13(25)21-9-10-4-6-11(17)7-5-10/h4-7,24H,8-9H2,1-3H3,(H,21,25). The molecule has 25 heavy (non-hydrogen) atoms. The molecular formula is C16H19ClF3N3OS. The van der Waals surface area contributed by atoms with E-state index in [2.05, 4.69) is 10.4 Å². The van der Waals surface area contributed by atoms with Crippen molar-refractivity contribution in [2.45, 2.75) is 45.6 Å². The summed E-state index contributed by atoms with van der Waals surface area (Å²) in [5.74, 6) is 0. The number of thiocarbonyl (C=S) groups is 1. The summed E-state index contributed by atoms with van der Waals surface area (Å²) in [6.45, 7) is 5.38. The van der Waals surface area contributed by atoms with Crippen LogP contribution in [0.3, 0.4) is 0 Å². The average molecular weight is 394 g/mol. The molecule has 138 valence electrons. The summed E-state index contributed by atoms with van der Waals surface area (Å²) in [5, 5.41) is 17.6. The van der Waals surface area contributed by atoms with Crippen LogP contribution in [-0.2, 0) is 6.54 Å². The molecule has 2 rings (SSSR count). The van der Waals surface area contributed by atoms with Crippen molar-refractivity contribution in [1.29, 1.82) is 0 Å². The van der Waals surface area contributed by atoms with Gasteiger partial charge in [0.05, 0.1) is 0 Å². The first kappa shape index (κ1) is 19.9. The number of nitrogens with one attached hydrogen (secondary N) is 1. The van der Waals surface area contributed by atoms with E-state index in [0.29, 0.717) is 10.0 Å². The highest BCUT2D eigenvalue weighted by Gasteiger charge is 2.63. The smallest absolute Gasteiger partial charge is 0.362 e.